The van der Waals surface area contributed by atoms with Gasteiger partial charge in [-0.05, 0) is 23.6 Å². The molecule has 2 amide bonds. The van der Waals surface area contributed by atoms with Crippen LogP contribution in [0.2, 0.25) is 0 Å². The van der Waals surface area contributed by atoms with Crippen molar-refractivity contribution in [2.75, 3.05) is 13.9 Å². The third-order valence-electron chi connectivity index (χ3n) is 3.84. The number of nitrogens with one attached hydrogen (secondary N) is 2. The number of fused-ring (bicyclic) bond motifs is 1. The lowest BCUT2D eigenvalue weighted by Crippen LogP contribution is -2.49. The lowest BCUT2D eigenvalue weighted by atomic mass is 9.99. The molecule has 2 unspecified atom stereocenters. The zero-order valence-electron chi connectivity index (χ0n) is 13.5. The van der Waals surface area contributed by atoms with Gasteiger partial charge in [-0.25, -0.2) is 9.59 Å². The van der Waals surface area contributed by atoms with Crippen LogP contribution in [0.5, 0.6) is 11.5 Å². The number of methoxy groups -OCH3 is 1. The summed E-state index contributed by atoms with van der Waals surface area (Å²) in [6.45, 7) is 4.37. The van der Waals surface area contributed by atoms with E-state index in [9.17, 15) is 9.59 Å². The molecule has 1 aliphatic heterocycles. The van der Waals surface area contributed by atoms with E-state index in [2.05, 4.69) is 10.6 Å². The molecule has 0 saturated carbocycles. The summed E-state index contributed by atoms with van der Waals surface area (Å²) in [5, 5.41) is 5.38. The van der Waals surface area contributed by atoms with Crippen LogP contribution in [0.3, 0.4) is 0 Å². The minimum Gasteiger partial charge on any atom is -0.467 e. The van der Waals surface area contributed by atoms with Gasteiger partial charge in [0.25, 0.3) is 0 Å². The fourth-order valence-corrected chi connectivity index (χ4v) is 2.22. The molecule has 0 spiro atoms. The normalized spacial score (nSPS) is 14.7. The first kappa shape index (κ1) is 16.9. The highest BCUT2D eigenvalue weighted by molar-refractivity contribution is 5.83. The van der Waals surface area contributed by atoms with Gasteiger partial charge in [-0.15, -0.1) is 0 Å². The zero-order valence-corrected chi connectivity index (χ0v) is 13.5. The molecule has 1 aliphatic rings. The Kier molecular flexibility index (Phi) is 5.67. The Bertz CT molecular complexity index is 576. The molecule has 2 rings (SSSR count). The van der Waals surface area contributed by atoms with E-state index < -0.39 is 18.0 Å². The van der Waals surface area contributed by atoms with Gasteiger partial charge in [0, 0.05) is 6.54 Å². The van der Waals surface area contributed by atoms with Crippen LogP contribution in [-0.4, -0.2) is 31.9 Å². The third-order valence-corrected chi connectivity index (χ3v) is 3.84. The van der Waals surface area contributed by atoms with Crippen LogP contribution in [0.1, 0.15) is 25.8 Å². The van der Waals surface area contributed by atoms with Gasteiger partial charge in [0.05, 0.1) is 7.11 Å². The number of amides is 2. The number of benzene rings is 1. The summed E-state index contributed by atoms with van der Waals surface area (Å²) in [6.07, 6.45) is 0.752. The van der Waals surface area contributed by atoms with Gasteiger partial charge in [-0.3, -0.25) is 0 Å². The maximum atomic E-state index is 12.0. The molecule has 23 heavy (non-hydrogen) atoms. The molecule has 0 fully saturated rings. The van der Waals surface area contributed by atoms with Crippen LogP contribution >= 0.6 is 0 Å². The molecule has 7 heteroatoms. The van der Waals surface area contributed by atoms with E-state index in [1.54, 1.807) is 6.07 Å². The maximum Gasteiger partial charge on any atom is 0.328 e. The fourth-order valence-electron chi connectivity index (χ4n) is 2.22. The number of carbonyl (C=O) groups is 2. The Balaban J connectivity index is 1.89. The lowest BCUT2D eigenvalue weighted by Gasteiger charge is -2.22. The zero-order chi connectivity index (χ0) is 16.8. The highest BCUT2D eigenvalue weighted by Gasteiger charge is 2.26. The highest BCUT2D eigenvalue weighted by Crippen LogP contribution is 2.32. The number of carbonyl (C=O) groups excluding carboxylic acids is 2. The Labute approximate surface area is 135 Å². The van der Waals surface area contributed by atoms with E-state index in [0.717, 1.165) is 12.0 Å². The molecule has 2 N–H and O–H groups in total. The van der Waals surface area contributed by atoms with Crippen molar-refractivity contribution < 1.29 is 23.8 Å². The van der Waals surface area contributed by atoms with E-state index in [1.807, 2.05) is 26.0 Å². The minimum absolute atomic E-state index is 0.0151. The largest absolute Gasteiger partial charge is 0.467 e. The van der Waals surface area contributed by atoms with Gasteiger partial charge in [0.1, 0.15) is 6.04 Å². The van der Waals surface area contributed by atoms with Crippen molar-refractivity contribution in [2.45, 2.75) is 32.9 Å². The Morgan fingerprint density at radius 2 is 2.04 bits per heavy atom. The van der Waals surface area contributed by atoms with Crippen LogP contribution in [0, 0.1) is 5.92 Å². The average Bonchev–Trinajstić information content (AvgIpc) is 3.04. The molecular formula is C16H22N2O5. The van der Waals surface area contributed by atoms with E-state index in [4.69, 9.17) is 14.2 Å². The molecule has 7 nitrogen and oxygen atoms in total. The SMILES string of the molecule is CCC(C)C(NC(=O)NCc1ccc2c(c1)OCO2)C(=O)OC. The van der Waals surface area contributed by atoms with Gasteiger partial charge < -0.3 is 24.8 Å². The highest BCUT2D eigenvalue weighted by atomic mass is 16.7. The van der Waals surface area contributed by atoms with Gasteiger partial charge in [-0.2, -0.15) is 0 Å². The van der Waals surface area contributed by atoms with Gasteiger partial charge >= 0.3 is 12.0 Å². The van der Waals surface area contributed by atoms with Crippen molar-refractivity contribution in [1.82, 2.24) is 10.6 Å². The number of urea groups is 1. The minimum atomic E-state index is -0.665. The summed E-state index contributed by atoms with van der Waals surface area (Å²) >= 11 is 0. The standard InChI is InChI=1S/C16H22N2O5/c1-4-10(2)14(15(19)21-3)18-16(20)17-8-11-5-6-12-13(7-11)23-9-22-12/h5-7,10,14H,4,8-9H2,1-3H3,(H2,17,18,20). The van der Waals surface area contributed by atoms with Crippen LogP contribution in [0.25, 0.3) is 0 Å². The first-order valence-corrected chi connectivity index (χ1v) is 7.55. The molecule has 0 bridgehead atoms. The average molecular weight is 322 g/mol. The smallest absolute Gasteiger partial charge is 0.328 e. The molecule has 126 valence electrons. The summed E-state index contributed by atoms with van der Waals surface area (Å²) < 4.78 is 15.3. The molecule has 0 saturated heterocycles. The molecular weight excluding hydrogens is 300 g/mol. The number of esters is 1. The Morgan fingerprint density at radius 3 is 2.74 bits per heavy atom. The van der Waals surface area contributed by atoms with E-state index in [0.29, 0.717) is 18.0 Å². The number of hydrogen-bond acceptors (Lipinski definition) is 5. The molecule has 2 atom stereocenters. The molecule has 1 aromatic carbocycles. The second-order valence-electron chi connectivity index (χ2n) is 5.40. The summed E-state index contributed by atoms with van der Waals surface area (Å²) in [4.78, 5) is 23.8. The Hall–Kier alpha value is -2.44. The number of hydrogen-bond donors (Lipinski definition) is 2. The number of rotatable bonds is 6. The molecule has 0 aromatic heterocycles. The Morgan fingerprint density at radius 1 is 1.30 bits per heavy atom. The van der Waals surface area contributed by atoms with Crippen molar-refractivity contribution in [3.8, 4) is 11.5 Å². The topological polar surface area (TPSA) is 85.9 Å². The molecule has 1 heterocycles. The summed E-state index contributed by atoms with van der Waals surface area (Å²) in [5.74, 6) is 0.897. The molecule has 0 aliphatic carbocycles. The van der Waals surface area contributed by atoms with Gasteiger partial charge in [-0.1, -0.05) is 26.3 Å². The van der Waals surface area contributed by atoms with Gasteiger partial charge in [0.15, 0.2) is 11.5 Å². The van der Waals surface area contributed by atoms with Crippen molar-refractivity contribution in [3.05, 3.63) is 23.8 Å². The van der Waals surface area contributed by atoms with Crippen molar-refractivity contribution >= 4 is 12.0 Å². The number of ether oxygens (including phenoxy) is 3. The van der Waals surface area contributed by atoms with Crippen molar-refractivity contribution in [1.29, 1.82) is 0 Å². The monoisotopic (exact) mass is 322 g/mol. The van der Waals surface area contributed by atoms with Crippen LogP contribution in [0.4, 0.5) is 4.79 Å². The van der Waals surface area contributed by atoms with E-state index >= 15 is 0 Å². The van der Waals surface area contributed by atoms with Crippen molar-refractivity contribution in [2.24, 2.45) is 5.92 Å². The quantitative estimate of drug-likeness (QED) is 0.780. The molecule has 1 aromatic rings. The summed E-state index contributed by atoms with van der Waals surface area (Å²) in [5.41, 5.74) is 0.877. The predicted octanol–water partition coefficient (Wildman–Crippen LogP) is 1.80. The van der Waals surface area contributed by atoms with Gasteiger partial charge in [0.2, 0.25) is 6.79 Å². The second-order valence-corrected chi connectivity index (χ2v) is 5.40. The molecule has 0 radical (unpaired) electrons. The third kappa shape index (κ3) is 4.28. The summed E-state index contributed by atoms with van der Waals surface area (Å²) in [6, 6.07) is 4.38. The second kappa shape index (κ2) is 7.71. The van der Waals surface area contributed by atoms with Crippen molar-refractivity contribution in [3.63, 3.8) is 0 Å². The van der Waals surface area contributed by atoms with Crippen LogP contribution in [-0.2, 0) is 16.1 Å². The van der Waals surface area contributed by atoms with E-state index in [1.165, 1.54) is 7.11 Å². The first-order valence-electron chi connectivity index (χ1n) is 7.55. The van der Waals surface area contributed by atoms with Crippen LogP contribution in [0.15, 0.2) is 18.2 Å². The maximum absolute atomic E-state index is 12.0. The lowest BCUT2D eigenvalue weighted by molar-refractivity contribution is -0.144. The summed E-state index contributed by atoms with van der Waals surface area (Å²) in [7, 11) is 1.31. The fraction of sp³-hybridized carbons (Fsp3) is 0.500. The first-order chi connectivity index (χ1) is 11.0. The van der Waals surface area contributed by atoms with E-state index in [-0.39, 0.29) is 12.7 Å². The van der Waals surface area contributed by atoms with Crippen LogP contribution < -0.4 is 20.1 Å². The predicted molar refractivity (Wildman–Crippen MR) is 83.2 cm³/mol.